The molecule has 0 bridgehead atoms. The van der Waals surface area contributed by atoms with Crippen LogP contribution in [-0.4, -0.2) is 57.9 Å². The highest BCUT2D eigenvalue weighted by Crippen LogP contribution is 2.27. The number of carbonyl (C=O) groups excluding carboxylic acids is 1. The first-order valence-corrected chi connectivity index (χ1v) is 10.8. The Labute approximate surface area is 165 Å². The Hall–Kier alpha value is -2.13. The van der Waals surface area contributed by atoms with Crippen LogP contribution in [0.1, 0.15) is 17.0 Å². The third-order valence-corrected chi connectivity index (χ3v) is 6.70. The van der Waals surface area contributed by atoms with E-state index in [0.29, 0.717) is 5.75 Å². The molecule has 0 unspecified atom stereocenters. The standard InChI is InChI=1S/C18H21N5O2S2/c1-12-14(13(2)25-21-12)10-26-11-16(24)22-6-8-23(9-7-22)18-20-15-4-3-5-19-17(15)27-18/h3-5H,6-11H2,1-2H3. The second-order valence-electron chi connectivity index (χ2n) is 6.49. The Balaban J connectivity index is 1.27. The maximum atomic E-state index is 12.5. The Morgan fingerprint density at radius 1 is 1.30 bits per heavy atom. The number of nitrogens with zero attached hydrogens (tertiary/aromatic N) is 5. The highest BCUT2D eigenvalue weighted by molar-refractivity contribution is 7.99. The first-order valence-electron chi connectivity index (χ1n) is 8.85. The van der Waals surface area contributed by atoms with Crippen molar-refractivity contribution in [3.05, 3.63) is 35.3 Å². The van der Waals surface area contributed by atoms with E-state index in [0.717, 1.165) is 64.4 Å². The number of hydrogen-bond acceptors (Lipinski definition) is 8. The number of aromatic nitrogens is 3. The van der Waals surface area contributed by atoms with Crippen molar-refractivity contribution in [2.45, 2.75) is 19.6 Å². The van der Waals surface area contributed by atoms with Crippen LogP contribution in [-0.2, 0) is 10.5 Å². The van der Waals surface area contributed by atoms with Crippen molar-refractivity contribution in [2.24, 2.45) is 0 Å². The zero-order chi connectivity index (χ0) is 18.8. The van der Waals surface area contributed by atoms with Crippen molar-refractivity contribution >= 4 is 44.5 Å². The predicted octanol–water partition coefficient (Wildman–Crippen LogP) is 2.88. The summed E-state index contributed by atoms with van der Waals surface area (Å²) in [5.74, 6) is 2.27. The van der Waals surface area contributed by atoms with Gasteiger partial charge in [0.15, 0.2) is 5.13 Å². The molecule has 1 fully saturated rings. The average molecular weight is 404 g/mol. The molecule has 3 aromatic heterocycles. The van der Waals surface area contributed by atoms with Gasteiger partial charge in [-0.25, -0.2) is 9.97 Å². The largest absolute Gasteiger partial charge is 0.361 e. The van der Waals surface area contributed by atoms with Gasteiger partial charge in [0, 0.05) is 43.7 Å². The summed E-state index contributed by atoms with van der Waals surface area (Å²) in [6.45, 7) is 6.92. The second kappa shape index (κ2) is 7.85. The number of anilines is 1. The minimum absolute atomic E-state index is 0.192. The average Bonchev–Trinajstić information content (AvgIpc) is 3.26. The fourth-order valence-electron chi connectivity index (χ4n) is 3.08. The summed E-state index contributed by atoms with van der Waals surface area (Å²) in [4.78, 5) is 26.7. The smallest absolute Gasteiger partial charge is 0.232 e. The zero-order valence-electron chi connectivity index (χ0n) is 15.3. The van der Waals surface area contributed by atoms with Crippen LogP contribution < -0.4 is 4.90 Å². The summed E-state index contributed by atoms with van der Waals surface area (Å²) in [5, 5.41) is 4.95. The molecule has 0 N–H and O–H groups in total. The lowest BCUT2D eigenvalue weighted by atomic mass is 10.2. The molecule has 1 amide bonds. The number of piperazine rings is 1. The summed E-state index contributed by atoms with van der Waals surface area (Å²) in [5.41, 5.74) is 2.94. The lowest BCUT2D eigenvalue weighted by Gasteiger charge is -2.34. The summed E-state index contributed by atoms with van der Waals surface area (Å²) in [7, 11) is 0. The van der Waals surface area contributed by atoms with Crippen LogP contribution in [0.5, 0.6) is 0 Å². The number of rotatable bonds is 5. The van der Waals surface area contributed by atoms with E-state index in [1.165, 1.54) is 0 Å². The van der Waals surface area contributed by atoms with Crippen LogP contribution in [0.4, 0.5) is 5.13 Å². The molecular weight excluding hydrogens is 382 g/mol. The summed E-state index contributed by atoms with van der Waals surface area (Å²) in [6.07, 6.45) is 1.79. The molecule has 3 aromatic rings. The molecule has 142 valence electrons. The third kappa shape index (κ3) is 3.93. The van der Waals surface area contributed by atoms with Crippen LogP contribution >= 0.6 is 23.1 Å². The van der Waals surface area contributed by atoms with Gasteiger partial charge in [-0.2, -0.15) is 0 Å². The predicted molar refractivity (Wildman–Crippen MR) is 108 cm³/mol. The van der Waals surface area contributed by atoms with Crippen molar-refractivity contribution < 1.29 is 9.32 Å². The molecule has 1 aliphatic heterocycles. The van der Waals surface area contributed by atoms with Gasteiger partial charge in [-0.05, 0) is 26.0 Å². The van der Waals surface area contributed by atoms with Gasteiger partial charge in [-0.1, -0.05) is 16.5 Å². The maximum absolute atomic E-state index is 12.5. The van der Waals surface area contributed by atoms with E-state index in [2.05, 4.69) is 20.0 Å². The molecule has 0 radical (unpaired) electrons. The number of carbonyl (C=O) groups is 1. The van der Waals surface area contributed by atoms with Gasteiger partial charge in [0.2, 0.25) is 5.91 Å². The number of hydrogen-bond donors (Lipinski definition) is 0. The lowest BCUT2D eigenvalue weighted by molar-refractivity contribution is -0.128. The topological polar surface area (TPSA) is 75.4 Å². The van der Waals surface area contributed by atoms with E-state index in [4.69, 9.17) is 4.52 Å². The number of thiazole rings is 1. The van der Waals surface area contributed by atoms with Gasteiger partial charge >= 0.3 is 0 Å². The Kier molecular flexibility index (Phi) is 5.31. The molecule has 7 nitrogen and oxygen atoms in total. The molecule has 4 rings (SSSR count). The SMILES string of the molecule is Cc1noc(C)c1CSCC(=O)N1CCN(c2nc3cccnc3s2)CC1. The first kappa shape index (κ1) is 18.2. The Morgan fingerprint density at radius 2 is 2.11 bits per heavy atom. The molecule has 0 atom stereocenters. The number of pyridine rings is 1. The van der Waals surface area contributed by atoms with Crippen molar-refractivity contribution in [3.63, 3.8) is 0 Å². The zero-order valence-corrected chi connectivity index (χ0v) is 17.0. The van der Waals surface area contributed by atoms with E-state index in [9.17, 15) is 4.79 Å². The highest BCUT2D eigenvalue weighted by Gasteiger charge is 2.23. The van der Waals surface area contributed by atoms with Crippen molar-refractivity contribution in [1.29, 1.82) is 0 Å². The van der Waals surface area contributed by atoms with E-state index in [1.807, 2.05) is 30.9 Å². The van der Waals surface area contributed by atoms with Gasteiger partial charge in [0.05, 0.1) is 11.4 Å². The van der Waals surface area contributed by atoms with Crippen molar-refractivity contribution in [3.8, 4) is 0 Å². The number of thioether (sulfide) groups is 1. The van der Waals surface area contributed by atoms with Gasteiger partial charge < -0.3 is 14.3 Å². The van der Waals surface area contributed by atoms with Crippen LogP contribution in [0.2, 0.25) is 0 Å². The molecule has 0 saturated carbocycles. The number of aryl methyl sites for hydroxylation is 2. The Bertz CT molecular complexity index is 894. The van der Waals surface area contributed by atoms with E-state index >= 15 is 0 Å². The normalized spacial score (nSPS) is 14.9. The molecule has 1 aliphatic rings. The van der Waals surface area contributed by atoms with Crippen LogP contribution in [0.25, 0.3) is 10.3 Å². The molecule has 4 heterocycles. The lowest BCUT2D eigenvalue weighted by Crippen LogP contribution is -2.49. The fraction of sp³-hybridized carbons (Fsp3) is 0.444. The third-order valence-electron chi connectivity index (χ3n) is 4.71. The quantitative estimate of drug-likeness (QED) is 0.648. The van der Waals surface area contributed by atoms with Crippen molar-refractivity contribution in [1.82, 2.24) is 20.0 Å². The molecule has 0 spiro atoms. The van der Waals surface area contributed by atoms with Gasteiger partial charge in [0.1, 0.15) is 16.1 Å². The minimum atomic E-state index is 0.192. The molecular formula is C18H21N5O2S2. The highest BCUT2D eigenvalue weighted by atomic mass is 32.2. The first-order chi connectivity index (χ1) is 13.1. The van der Waals surface area contributed by atoms with E-state index in [-0.39, 0.29) is 5.91 Å². The molecule has 27 heavy (non-hydrogen) atoms. The fourth-order valence-corrected chi connectivity index (χ4v) is 5.12. The van der Waals surface area contributed by atoms with Crippen LogP contribution in [0, 0.1) is 13.8 Å². The van der Waals surface area contributed by atoms with E-state index < -0.39 is 0 Å². The number of fused-ring (bicyclic) bond motifs is 1. The molecule has 1 saturated heterocycles. The maximum Gasteiger partial charge on any atom is 0.232 e. The van der Waals surface area contributed by atoms with Gasteiger partial charge in [-0.15, -0.1) is 11.8 Å². The van der Waals surface area contributed by atoms with Gasteiger partial charge in [0.25, 0.3) is 0 Å². The van der Waals surface area contributed by atoms with Crippen LogP contribution in [0.3, 0.4) is 0 Å². The minimum Gasteiger partial charge on any atom is -0.361 e. The van der Waals surface area contributed by atoms with Crippen LogP contribution in [0.15, 0.2) is 22.9 Å². The molecule has 0 aromatic carbocycles. The summed E-state index contributed by atoms with van der Waals surface area (Å²) < 4.78 is 5.17. The van der Waals surface area contributed by atoms with Gasteiger partial charge in [-0.3, -0.25) is 4.79 Å². The summed E-state index contributed by atoms with van der Waals surface area (Å²) in [6, 6.07) is 3.89. The van der Waals surface area contributed by atoms with Crippen molar-refractivity contribution in [2.75, 3.05) is 36.8 Å². The Morgan fingerprint density at radius 3 is 2.81 bits per heavy atom. The molecule has 0 aliphatic carbocycles. The van der Waals surface area contributed by atoms with E-state index in [1.54, 1.807) is 29.3 Å². The molecule has 9 heteroatoms. The monoisotopic (exact) mass is 403 g/mol. The second-order valence-corrected chi connectivity index (χ2v) is 8.43. The summed E-state index contributed by atoms with van der Waals surface area (Å²) >= 11 is 3.23. The number of amides is 1.